The van der Waals surface area contributed by atoms with E-state index >= 15 is 0 Å². The quantitative estimate of drug-likeness (QED) is 0.448. The number of carbonyl (C=O) groups excluding carboxylic acids is 1. The van der Waals surface area contributed by atoms with Gasteiger partial charge in [-0.25, -0.2) is 14.1 Å². The number of amides is 1. The number of nitrogens with one attached hydrogen (secondary N) is 1. The Balaban J connectivity index is 1.72. The predicted octanol–water partition coefficient (Wildman–Crippen LogP) is 3.78. The van der Waals surface area contributed by atoms with Crippen LogP contribution in [0.5, 0.6) is 0 Å². The summed E-state index contributed by atoms with van der Waals surface area (Å²) >= 11 is 5.92. The van der Waals surface area contributed by atoms with Crippen molar-refractivity contribution in [2.75, 3.05) is 5.32 Å². The number of benzene rings is 1. The Morgan fingerprint density at radius 1 is 1.12 bits per heavy atom. The molecular weight excluding hydrogens is 468 g/mol. The van der Waals surface area contributed by atoms with Crippen molar-refractivity contribution in [3.63, 3.8) is 0 Å². The van der Waals surface area contributed by atoms with E-state index in [4.69, 9.17) is 11.6 Å². The molecule has 4 aromatic rings. The van der Waals surface area contributed by atoms with Crippen LogP contribution >= 0.6 is 11.6 Å². The fourth-order valence-corrected chi connectivity index (χ4v) is 3.11. The lowest BCUT2D eigenvalue weighted by atomic mass is 10.2. The van der Waals surface area contributed by atoms with E-state index in [1.807, 2.05) is 6.07 Å². The smallest absolute Gasteiger partial charge is 0.320 e. The van der Waals surface area contributed by atoms with Crippen LogP contribution in [0, 0.1) is 17.1 Å². The molecule has 3 heterocycles. The normalized spacial score (nSPS) is 11.3. The lowest BCUT2D eigenvalue weighted by Crippen LogP contribution is -2.21. The summed E-state index contributed by atoms with van der Waals surface area (Å²) in [6.07, 6.45) is -0.511. The first-order chi connectivity index (χ1) is 15.7. The van der Waals surface area contributed by atoms with Gasteiger partial charge in [0.15, 0.2) is 11.5 Å². The minimum Gasteiger partial charge on any atom is -0.320 e. The average molecular weight is 477 g/mol. The molecular formula is C19H9ClF4N8O. The van der Waals surface area contributed by atoms with Gasteiger partial charge in [0.1, 0.15) is 17.4 Å². The second-order valence-corrected chi connectivity index (χ2v) is 6.80. The Morgan fingerprint density at radius 3 is 2.52 bits per heavy atom. The van der Waals surface area contributed by atoms with E-state index in [0.717, 1.165) is 29.2 Å². The van der Waals surface area contributed by atoms with E-state index in [1.54, 1.807) is 0 Å². The second kappa shape index (κ2) is 8.32. The number of alkyl halides is 3. The molecule has 1 N–H and O–H groups in total. The molecule has 3 aromatic heterocycles. The van der Waals surface area contributed by atoms with Gasteiger partial charge in [-0.05, 0) is 18.2 Å². The first kappa shape index (κ1) is 21.9. The summed E-state index contributed by atoms with van der Waals surface area (Å²) < 4.78 is 55.5. The Kier molecular flexibility index (Phi) is 5.52. The van der Waals surface area contributed by atoms with Crippen molar-refractivity contribution in [1.82, 2.24) is 29.8 Å². The maximum atomic E-state index is 13.8. The summed E-state index contributed by atoms with van der Waals surface area (Å²) in [4.78, 5) is 17.7. The van der Waals surface area contributed by atoms with Crippen molar-refractivity contribution in [3.05, 3.63) is 76.7 Å². The molecule has 0 aliphatic carbocycles. The topological polar surface area (TPSA) is 114 Å². The monoisotopic (exact) mass is 476 g/mol. The number of hydrogen-bond donors (Lipinski definition) is 1. The maximum absolute atomic E-state index is 13.8. The zero-order chi connectivity index (χ0) is 23.8. The summed E-state index contributed by atoms with van der Waals surface area (Å²) in [5, 5.41) is 22.7. The summed E-state index contributed by atoms with van der Waals surface area (Å²) in [6.45, 7) is 0. The highest BCUT2D eigenvalue weighted by atomic mass is 35.5. The summed E-state index contributed by atoms with van der Waals surface area (Å²) in [5.41, 5.74) is -2.80. The van der Waals surface area contributed by atoms with Crippen LogP contribution in [0.1, 0.15) is 21.6 Å². The minimum absolute atomic E-state index is 0.0396. The van der Waals surface area contributed by atoms with Crippen molar-refractivity contribution in [2.45, 2.75) is 6.18 Å². The Hall–Kier alpha value is -4.31. The van der Waals surface area contributed by atoms with Gasteiger partial charge >= 0.3 is 6.18 Å². The molecule has 0 aliphatic heterocycles. The van der Waals surface area contributed by atoms with E-state index < -0.39 is 34.8 Å². The molecule has 9 nitrogen and oxygen atoms in total. The number of aromatic nitrogens is 6. The van der Waals surface area contributed by atoms with Crippen LogP contribution in [0.3, 0.4) is 0 Å². The van der Waals surface area contributed by atoms with Gasteiger partial charge in [-0.3, -0.25) is 4.79 Å². The van der Waals surface area contributed by atoms with Crippen LogP contribution in [0.2, 0.25) is 5.02 Å². The Labute approximate surface area is 186 Å². The molecule has 166 valence electrons. The van der Waals surface area contributed by atoms with Crippen molar-refractivity contribution in [3.8, 4) is 17.6 Å². The van der Waals surface area contributed by atoms with Crippen LogP contribution in [-0.4, -0.2) is 35.7 Å². The molecule has 0 bridgehead atoms. The zero-order valence-electron chi connectivity index (χ0n) is 16.0. The Morgan fingerprint density at radius 2 is 1.85 bits per heavy atom. The van der Waals surface area contributed by atoms with E-state index in [1.165, 1.54) is 18.5 Å². The molecule has 14 heteroatoms. The zero-order valence-corrected chi connectivity index (χ0v) is 16.8. The van der Waals surface area contributed by atoms with E-state index in [0.29, 0.717) is 10.9 Å². The standard InChI is InChI=1S/C19H9ClF4N8O/c20-14-2-1-11(21)6-15(14)31-16(19(22,23)24)13(9-29-31)18(33)30-12-5-10(7-25)17(26-8-12)32-27-3-4-28-32/h1-6,8-9H,(H,30,33). The highest BCUT2D eigenvalue weighted by Gasteiger charge is 2.41. The van der Waals surface area contributed by atoms with Gasteiger partial charge in [0.2, 0.25) is 0 Å². The first-order valence-electron chi connectivity index (χ1n) is 8.88. The number of carbonyl (C=O) groups is 1. The molecule has 0 radical (unpaired) electrons. The van der Waals surface area contributed by atoms with E-state index in [-0.39, 0.29) is 22.1 Å². The van der Waals surface area contributed by atoms with Crippen LogP contribution in [-0.2, 0) is 6.18 Å². The molecule has 0 unspecified atom stereocenters. The molecule has 0 saturated carbocycles. The molecule has 1 amide bonds. The van der Waals surface area contributed by atoms with E-state index in [2.05, 4.69) is 25.6 Å². The first-order valence-corrected chi connectivity index (χ1v) is 9.25. The van der Waals surface area contributed by atoms with Crippen LogP contribution in [0.25, 0.3) is 11.5 Å². The molecule has 0 fully saturated rings. The van der Waals surface area contributed by atoms with Gasteiger partial charge in [-0.15, -0.1) is 4.80 Å². The van der Waals surface area contributed by atoms with Gasteiger partial charge in [-0.1, -0.05) is 11.6 Å². The number of nitriles is 1. The third kappa shape index (κ3) is 4.23. The average Bonchev–Trinajstić information content (AvgIpc) is 3.45. The third-order valence-electron chi connectivity index (χ3n) is 4.27. The molecule has 4 rings (SSSR count). The molecule has 1 aromatic carbocycles. The maximum Gasteiger partial charge on any atom is 0.434 e. The Bertz CT molecular complexity index is 1390. The highest BCUT2D eigenvalue weighted by Crippen LogP contribution is 2.35. The predicted molar refractivity (Wildman–Crippen MR) is 105 cm³/mol. The fourth-order valence-electron chi connectivity index (χ4n) is 2.91. The van der Waals surface area contributed by atoms with Crippen molar-refractivity contribution in [1.29, 1.82) is 5.26 Å². The van der Waals surface area contributed by atoms with Crippen LogP contribution in [0.15, 0.2) is 49.1 Å². The number of pyridine rings is 1. The highest BCUT2D eigenvalue weighted by molar-refractivity contribution is 6.32. The minimum atomic E-state index is -5.04. The van der Waals surface area contributed by atoms with Gasteiger partial charge in [0, 0.05) is 6.07 Å². The van der Waals surface area contributed by atoms with Crippen LogP contribution < -0.4 is 5.32 Å². The number of anilines is 1. The molecule has 33 heavy (non-hydrogen) atoms. The second-order valence-electron chi connectivity index (χ2n) is 6.39. The number of halogens is 5. The number of rotatable bonds is 4. The van der Waals surface area contributed by atoms with Crippen molar-refractivity contribution in [2.24, 2.45) is 0 Å². The largest absolute Gasteiger partial charge is 0.434 e. The van der Waals surface area contributed by atoms with Gasteiger partial charge in [0.25, 0.3) is 5.91 Å². The van der Waals surface area contributed by atoms with Gasteiger partial charge in [0.05, 0.1) is 46.7 Å². The molecule has 0 spiro atoms. The molecule has 0 atom stereocenters. The van der Waals surface area contributed by atoms with Gasteiger partial charge < -0.3 is 5.32 Å². The third-order valence-corrected chi connectivity index (χ3v) is 4.59. The SMILES string of the molecule is N#Cc1cc(NC(=O)c2cnn(-c3cc(F)ccc3Cl)c2C(F)(F)F)cnc1-n1nccn1. The molecule has 0 aliphatic rings. The summed E-state index contributed by atoms with van der Waals surface area (Å²) in [6, 6.07) is 5.85. The lowest BCUT2D eigenvalue weighted by Gasteiger charge is -2.14. The van der Waals surface area contributed by atoms with Crippen molar-refractivity contribution < 1.29 is 22.4 Å². The van der Waals surface area contributed by atoms with Gasteiger partial charge in [-0.2, -0.15) is 33.7 Å². The lowest BCUT2D eigenvalue weighted by molar-refractivity contribution is -0.143. The van der Waals surface area contributed by atoms with Crippen molar-refractivity contribution >= 4 is 23.2 Å². The van der Waals surface area contributed by atoms with E-state index in [9.17, 15) is 27.6 Å². The molecule has 0 saturated heterocycles. The fraction of sp³-hybridized carbons (Fsp3) is 0.0526. The summed E-state index contributed by atoms with van der Waals surface area (Å²) in [5.74, 6) is -1.97. The van der Waals surface area contributed by atoms with Crippen LogP contribution in [0.4, 0.5) is 23.2 Å². The number of nitrogens with zero attached hydrogens (tertiary/aromatic N) is 7. The summed E-state index contributed by atoms with van der Waals surface area (Å²) in [7, 11) is 0. The number of hydrogen-bond acceptors (Lipinski definition) is 6.